The molecule has 1 aliphatic rings. The van der Waals surface area contributed by atoms with Crippen molar-refractivity contribution in [3.8, 4) is 0 Å². The summed E-state index contributed by atoms with van der Waals surface area (Å²) in [6, 6.07) is 8.89. The Balaban J connectivity index is 0.00000264. The summed E-state index contributed by atoms with van der Waals surface area (Å²) in [5.41, 5.74) is 2.47. The van der Waals surface area contributed by atoms with Gasteiger partial charge in [-0.15, -0.1) is 24.0 Å². The number of hydrogen-bond acceptors (Lipinski definition) is 3. The van der Waals surface area contributed by atoms with Gasteiger partial charge in [0.15, 0.2) is 5.96 Å². The Morgan fingerprint density at radius 1 is 1.30 bits per heavy atom. The summed E-state index contributed by atoms with van der Waals surface area (Å²) in [5, 5.41) is 7.76. The molecule has 0 amide bonds. The predicted molar refractivity (Wildman–Crippen MR) is 111 cm³/mol. The van der Waals surface area contributed by atoms with E-state index in [0.29, 0.717) is 12.6 Å². The third-order valence-corrected chi connectivity index (χ3v) is 5.24. The Bertz CT molecular complexity index is 498. The number of halogens is 1. The first-order valence-electron chi connectivity index (χ1n) is 7.82. The van der Waals surface area contributed by atoms with Crippen molar-refractivity contribution < 1.29 is 4.74 Å². The van der Waals surface area contributed by atoms with E-state index in [9.17, 15) is 0 Å². The van der Waals surface area contributed by atoms with Crippen molar-refractivity contribution in [2.45, 2.75) is 43.7 Å². The van der Waals surface area contributed by atoms with Crippen LogP contribution < -0.4 is 10.6 Å². The fourth-order valence-corrected chi connectivity index (χ4v) is 3.68. The molecule has 1 aromatic rings. The van der Waals surface area contributed by atoms with Gasteiger partial charge in [-0.25, -0.2) is 0 Å². The highest BCUT2D eigenvalue weighted by Crippen LogP contribution is 2.28. The first kappa shape index (κ1) is 20.6. The maximum Gasteiger partial charge on any atom is 0.191 e. The molecule has 1 fully saturated rings. The summed E-state index contributed by atoms with van der Waals surface area (Å²) >= 11 is 1.97. The Morgan fingerprint density at radius 3 is 2.65 bits per heavy atom. The maximum absolute atomic E-state index is 5.26. The third-order valence-electron chi connectivity index (χ3n) is 4.15. The van der Waals surface area contributed by atoms with Crippen LogP contribution in [0.1, 0.15) is 30.4 Å². The second kappa shape index (κ2) is 11.1. The van der Waals surface area contributed by atoms with Crippen LogP contribution >= 0.6 is 35.7 Å². The summed E-state index contributed by atoms with van der Waals surface area (Å²) in [7, 11) is 3.56. The standard InChI is InChI=1S/C17H27N3OS.HI/c1-18-17(20-15-8-9-16(10-15)22-3)19-11-13-6-4-5-7-14(13)12-21-2;/h4-7,15-16H,8-12H2,1-3H3,(H2,18,19,20);1H. The number of rotatable bonds is 6. The van der Waals surface area contributed by atoms with Crippen LogP contribution in [0.3, 0.4) is 0 Å². The van der Waals surface area contributed by atoms with Crippen LogP contribution in [0.5, 0.6) is 0 Å². The number of benzene rings is 1. The van der Waals surface area contributed by atoms with Gasteiger partial charge in [-0.2, -0.15) is 11.8 Å². The van der Waals surface area contributed by atoms with E-state index in [2.05, 4.69) is 40.1 Å². The van der Waals surface area contributed by atoms with Crippen molar-refractivity contribution in [2.24, 2.45) is 4.99 Å². The molecule has 0 aromatic heterocycles. The van der Waals surface area contributed by atoms with Crippen molar-refractivity contribution in [3.63, 3.8) is 0 Å². The highest BCUT2D eigenvalue weighted by Gasteiger charge is 2.24. The van der Waals surface area contributed by atoms with E-state index in [0.717, 1.165) is 17.8 Å². The Morgan fingerprint density at radius 2 is 2.04 bits per heavy atom. The first-order chi connectivity index (χ1) is 10.8. The average molecular weight is 449 g/mol. The molecular formula is C17H28IN3OS. The fraction of sp³-hybridized carbons (Fsp3) is 0.588. The van der Waals surface area contributed by atoms with Crippen molar-refractivity contribution >= 4 is 41.7 Å². The molecule has 0 heterocycles. The lowest BCUT2D eigenvalue weighted by Gasteiger charge is -2.18. The van der Waals surface area contributed by atoms with Crippen molar-refractivity contribution in [3.05, 3.63) is 35.4 Å². The summed E-state index contributed by atoms with van der Waals surface area (Å²) in [6.45, 7) is 1.40. The van der Waals surface area contributed by atoms with Crippen LogP contribution in [0.25, 0.3) is 0 Å². The number of methoxy groups -OCH3 is 1. The summed E-state index contributed by atoms with van der Waals surface area (Å²) < 4.78 is 5.26. The average Bonchev–Trinajstić information content (AvgIpc) is 3.00. The van der Waals surface area contributed by atoms with Gasteiger partial charge in [-0.3, -0.25) is 4.99 Å². The van der Waals surface area contributed by atoms with Crippen LogP contribution in [0.4, 0.5) is 0 Å². The smallest absolute Gasteiger partial charge is 0.191 e. The SMILES string of the molecule is CN=C(NCc1ccccc1COC)NC1CCC(SC)C1.I. The van der Waals surface area contributed by atoms with Crippen LogP contribution in [0, 0.1) is 0 Å². The zero-order valence-electron chi connectivity index (χ0n) is 14.2. The quantitative estimate of drug-likeness (QED) is 0.397. The summed E-state index contributed by atoms with van der Waals surface area (Å²) in [4.78, 5) is 4.35. The molecule has 2 unspecified atom stereocenters. The Labute approximate surface area is 161 Å². The minimum Gasteiger partial charge on any atom is -0.380 e. The molecule has 2 atom stereocenters. The molecule has 6 heteroatoms. The maximum atomic E-state index is 5.26. The Kier molecular flexibility index (Phi) is 9.97. The number of aliphatic imine (C=N–C) groups is 1. The molecular weight excluding hydrogens is 421 g/mol. The number of guanidine groups is 1. The molecule has 130 valence electrons. The topological polar surface area (TPSA) is 45.7 Å². The molecule has 1 aromatic carbocycles. The molecule has 0 bridgehead atoms. The number of nitrogens with one attached hydrogen (secondary N) is 2. The second-order valence-electron chi connectivity index (χ2n) is 5.64. The van der Waals surface area contributed by atoms with Crippen LogP contribution in [0.15, 0.2) is 29.3 Å². The molecule has 2 N–H and O–H groups in total. The van der Waals surface area contributed by atoms with E-state index in [1.165, 1.54) is 30.4 Å². The summed E-state index contributed by atoms with van der Waals surface area (Å²) in [5.74, 6) is 0.888. The number of nitrogens with zero attached hydrogens (tertiary/aromatic N) is 1. The van der Waals surface area contributed by atoms with Gasteiger partial charge >= 0.3 is 0 Å². The van der Waals surface area contributed by atoms with Crippen LogP contribution in [-0.4, -0.2) is 37.7 Å². The van der Waals surface area contributed by atoms with Crippen LogP contribution in [0.2, 0.25) is 0 Å². The highest BCUT2D eigenvalue weighted by atomic mass is 127. The van der Waals surface area contributed by atoms with Crippen molar-refractivity contribution in [2.75, 3.05) is 20.4 Å². The molecule has 23 heavy (non-hydrogen) atoms. The largest absolute Gasteiger partial charge is 0.380 e. The minimum absolute atomic E-state index is 0. The lowest BCUT2D eigenvalue weighted by Crippen LogP contribution is -2.42. The lowest BCUT2D eigenvalue weighted by molar-refractivity contribution is 0.184. The zero-order chi connectivity index (χ0) is 15.8. The molecule has 0 aliphatic heterocycles. The van der Waals surface area contributed by atoms with Gasteiger partial charge in [0, 0.05) is 32.0 Å². The van der Waals surface area contributed by atoms with E-state index >= 15 is 0 Å². The second-order valence-corrected chi connectivity index (χ2v) is 6.78. The predicted octanol–water partition coefficient (Wildman–Crippen LogP) is 3.40. The van der Waals surface area contributed by atoms with E-state index in [1.807, 2.05) is 24.9 Å². The number of thioether (sulfide) groups is 1. The van der Waals surface area contributed by atoms with Gasteiger partial charge in [-0.05, 0) is 36.6 Å². The van der Waals surface area contributed by atoms with Gasteiger partial charge in [0.1, 0.15) is 0 Å². The number of hydrogen-bond donors (Lipinski definition) is 2. The minimum atomic E-state index is 0. The molecule has 0 radical (unpaired) electrons. The molecule has 0 spiro atoms. The van der Waals surface area contributed by atoms with Crippen LogP contribution in [-0.2, 0) is 17.9 Å². The molecule has 4 nitrogen and oxygen atoms in total. The van der Waals surface area contributed by atoms with E-state index in [4.69, 9.17) is 4.74 Å². The third kappa shape index (κ3) is 6.51. The lowest BCUT2D eigenvalue weighted by atomic mass is 10.1. The molecule has 2 rings (SSSR count). The Hall–Kier alpha value is -0.470. The van der Waals surface area contributed by atoms with Gasteiger partial charge in [0.25, 0.3) is 0 Å². The van der Waals surface area contributed by atoms with E-state index in [1.54, 1.807) is 7.11 Å². The van der Waals surface area contributed by atoms with Gasteiger partial charge in [-0.1, -0.05) is 24.3 Å². The summed E-state index contributed by atoms with van der Waals surface area (Å²) in [6.07, 6.45) is 5.95. The number of ether oxygens (including phenoxy) is 1. The van der Waals surface area contributed by atoms with Gasteiger partial charge < -0.3 is 15.4 Å². The van der Waals surface area contributed by atoms with E-state index in [-0.39, 0.29) is 24.0 Å². The zero-order valence-corrected chi connectivity index (χ0v) is 17.3. The molecule has 1 saturated carbocycles. The monoisotopic (exact) mass is 449 g/mol. The fourth-order valence-electron chi connectivity index (χ4n) is 2.88. The van der Waals surface area contributed by atoms with Gasteiger partial charge in [0.2, 0.25) is 0 Å². The van der Waals surface area contributed by atoms with Crippen molar-refractivity contribution in [1.82, 2.24) is 10.6 Å². The highest BCUT2D eigenvalue weighted by molar-refractivity contribution is 14.0. The van der Waals surface area contributed by atoms with E-state index < -0.39 is 0 Å². The molecule has 1 aliphatic carbocycles. The van der Waals surface area contributed by atoms with Gasteiger partial charge in [0.05, 0.1) is 6.61 Å². The molecule has 0 saturated heterocycles. The van der Waals surface area contributed by atoms with Crippen molar-refractivity contribution in [1.29, 1.82) is 0 Å². The first-order valence-corrected chi connectivity index (χ1v) is 9.11. The normalized spacial score (nSPS) is 20.9.